The second-order valence-electron chi connectivity index (χ2n) is 6.17. The molecule has 0 saturated heterocycles. The maximum atomic E-state index is 11.9. The quantitative estimate of drug-likeness (QED) is 0.733. The molecule has 3 atom stereocenters. The molecular weight excluding hydrogens is 230 g/mol. The summed E-state index contributed by atoms with van der Waals surface area (Å²) in [4.78, 5) is 23.0. The Bertz CT molecular complexity index is 327. The molecule has 0 aromatic heterocycles. The van der Waals surface area contributed by atoms with Crippen LogP contribution in [0, 0.1) is 23.2 Å². The zero-order valence-electron chi connectivity index (χ0n) is 11.8. The minimum absolute atomic E-state index is 0.0226. The Balaban J connectivity index is 2.39. The Hall–Kier alpha value is -1.06. The number of aliphatic carboxylic acids is 1. The second-order valence-corrected chi connectivity index (χ2v) is 6.17. The molecule has 1 aliphatic rings. The van der Waals surface area contributed by atoms with Crippen LogP contribution >= 0.6 is 0 Å². The Morgan fingerprint density at radius 2 is 2.06 bits per heavy atom. The zero-order chi connectivity index (χ0) is 13.9. The van der Waals surface area contributed by atoms with Gasteiger partial charge >= 0.3 is 5.97 Å². The molecule has 18 heavy (non-hydrogen) atoms. The van der Waals surface area contributed by atoms with E-state index >= 15 is 0 Å². The molecule has 1 saturated carbocycles. The average molecular weight is 255 g/mol. The Morgan fingerprint density at radius 1 is 1.44 bits per heavy atom. The highest BCUT2D eigenvalue weighted by Crippen LogP contribution is 2.54. The van der Waals surface area contributed by atoms with Gasteiger partial charge in [-0.05, 0) is 30.6 Å². The number of amides is 1. The van der Waals surface area contributed by atoms with Gasteiger partial charge in [0.05, 0.1) is 5.92 Å². The fourth-order valence-corrected chi connectivity index (χ4v) is 2.39. The van der Waals surface area contributed by atoms with E-state index < -0.39 is 11.9 Å². The molecule has 0 radical (unpaired) electrons. The number of rotatable bonds is 7. The molecule has 104 valence electrons. The molecule has 4 heteroatoms. The number of hydrogen-bond donors (Lipinski definition) is 2. The van der Waals surface area contributed by atoms with Crippen LogP contribution in [0.5, 0.6) is 0 Å². The van der Waals surface area contributed by atoms with Gasteiger partial charge in [0, 0.05) is 12.5 Å². The monoisotopic (exact) mass is 255 g/mol. The number of nitrogens with one attached hydrogen (secondary N) is 1. The number of carbonyl (C=O) groups is 2. The van der Waals surface area contributed by atoms with Gasteiger partial charge in [0.15, 0.2) is 0 Å². The van der Waals surface area contributed by atoms with Crippen molar-refractivity contribution in [3.63, 3.8) is 0 Å². The summed E-state index contributed by atoms with van der Waals surface area (Å²) in [5.74, 6) is -0.867. The second kappa shape index (κ2) is 5.72. The van der Waals surface area contributed by atoms with Crippen LogP contribution in [0.25, 0.3) is 0 Å². The molecule has 0 heterocycles. The lowest BCUT2D eigenvalue weighted by molar-refractivity contribution is -0.142. The Kier molecular flexibility index (Phi) is 4.77. The highest BCUT2D eigenvalue weighted by molar-refractivity contribution is 5.83. The SMILES string of the molecule is CCC1(C)CC1C(=O)NCC(CC(C)C)C(=O)O. The van der Waals surface area contributed by atoms with Gasteiger partial charge < -0.3 is 10.4 Å². The summed E-state index contributed by atoms with van der Waals surface area (Å²) in [5.41, 5.74) is 0.140. The highest BCUT2D eigenvalue weighted by atomic mass is 16.4. The van der Waals surface area contributed by atoms with Crippen LogP contribution in [0.1, 0.15) is 47.0 Å². The van der Waals surface area contributed by atoms with Crippen LogP contribution in [0.2, 0.25) is 0 Å². The molecule has 0 bridgehead atoms. The number of carboxylic acid groups (broad SMARTS) is 1. The largest absolute Gasteiger partial charge is 0.481 e. The standard InChI is InChI=1S/C14H25NO3/c1-5-14(4)7-11(14)12(16)15-8-10(13(17)18)6-9(2)3/h9-11H,5-8H2,1-4H3,(H,15,16)(H,17,18). The van der Waals surface area contributed by atoms with E-state index in [1.165, 1.54) is 0 Å². The zero-order valence-corrected chi connectivity index (χ0v) is 11.8. The van der Waals surface area contributed by atoms with Crippen LogP contribution in [0.3, 0.4) is 0 Å². The first-order chi connectivity index (χ1) is 8.30. The van der Waals surface area contributed by atoms with Gasteiger partial charge in [-0.25, -0.2) is 0 Å². The molecular formula is C14H25NO3. The van der Waals surface area contributed by atoms with E-state index in [4.69, 9.17) is 5.11 Å². The first-order valence-corrected chi connectivity index (χ1v) is 6.80. The third-order valence-electron chi connectivity index (χ3n) is 4.10. The van der Waals surface area contributed by atoms with Crippen LogP contribution < -0.4 is 5.32 Å². The fraction of sp³-hybridized carbons (Fsp3) is 0.857. The van der Waals surface area contributed by atoms with E-state index in [1.807, 2.05) is 13.8 Å². The van der Waals surface area contributed by atoms with Gasteiger partial charge in [-0.15, -0.1) is 0 Å². The van der Waals surface area contributed by atoms with Crippen molar-refractivity contribution in [1.82, 2.24) is 5.32 Å². The molecule has 1 fully saturated rings. The summed E-state index contributed by atoms with van der Waals surface area (Å²) in [6, 6.07) is 0. The van der Waals surface area contributed by atoms with E-state index in [1.54, 1.807) is 0 Å². The lowest BCUT2D eigenvalue weighted by atomic mass is 9.97. The van der Waals surface area contributed by atoms with Gasteiger partial charge in [0.2, 0.25) is 5.91 Å². The van der Waals surface area contributed by atoms with Crippen molar-refractivity contribution in [1.29, 1.82) is 0 Å². The minimum Gasteiger partial charge on any atom is -0.481 e. The van der Waals surface area contributed by atoms with Crippen molar-refractivity contribution < 1.29 is 14.7 Å². The van der Waals surface area contributed by atoms with E-state index in [0.29, 0.717) is 12.3 Å². The smallest absolute Gasteiger partial charge is 0.308 e. The normalized spacial score (nSPS) is 27.9. The van der Waals surface area contributed by atoms with E-state index in [9.17, 15) is 9.59 Å². The van der Waals surface area contributed by atoms with Crippen molar-refractivity contribution in [3.05, 3.63) is 0 Å². The van der Waals surface area contributed by atoms with Crippen molar-refractivity contribution in [2.75, 3.05) is 6.54 Å². The molecule has 3 unspecified atom stereocenters. The molecule has 0 aromatic rings. The molecule has 1 aliphatic carbocycles. The molecule has 4 nitrogen and oxygen atoms in total. The lowest BCUT2D eigenvalue weighted by Gasteiger charge is -2.16. The van der Waals surface area contributed by atoms with Gasteiger partial charge in [-0.1, -0.05) is 27.7 Å². The number of hydrogen-bond acceptors (Lipinski definition) is 2. The molecule has 0 spiro atoms. The fourth-order valence-electron chi connectivity index (χ4n) is 2.39. The lowest BCUT2D eigenvalue weighted by Crippen LogP contribution is -2.35. The Labute approximate surface area is 109 Å². The van der Waals surface area contributed by atoms with Gasteiger partial charge in [-0.3, -0.25) is 9.59 Å². The molecule has 2 N–H and O–H groups in total. The molecule has 1 amide bonds. The van der Waals surface area contributed by atoms with Crippen LogP contribution in [0.15, 0.2) is 0 Å². The summed E-state index contributed by atoms with van der Waals surface area (Å²) < 4.78 is 0. The summed E-state index contributed by atoms with van der Waals surface area (Å²) >= 11 is 0. The summed E-state index contributed by atoms with van der Waals surface area (Å²) in [7, 11) is 0. The molecule has 0 aromatic carbocycles. The van der Waals surface area contributed by atoms with Gasteiger partial charge in [0.1, 0.15) is 0 Å². The third-order valence-corrected chi connectivity index (χ3v) is 4.10. The predicted octanol–water partition coefficient (Wildman–Crippen LogP) is 2.29. The van der Waals surface area contributed by atoms with Crippen molar-refractivity contribution in [2.45, 2.75) is 47.0 Å². The molecule has 1 rings (SSSR count). The van der Waals surface area contributed by atoms with E-state index in [2.05, 4.69) is 19.2 Å². The Morgan fingerprint density at radius 3 is 2.44 bits per heavy atom. The number of carboxylic acids is 1. The maximum absolute atomic E-state index is 11.9. The topological polar surface area (TPSA) is 66.4 Å². The van der Waals surface area contributed by atoms with Crippen LogP contribution in [0.4, 0.5) is 0 Å². The van der Waals surface area contributed by atoms with Crippen molar-refractivity contribution in [3.8, 4) is 0 Å². The number of carbonyl (C=O) groups excluding carboxylic acids is 1. The van der Waals surface area contributed by atoms with Gasteiger partial charge in [0.25, 0.3) is 0 Å². The third kappa shape index (κ3) is 3.72. The van der Waals surface area contributed by atoms with Crippen LogP contribution in [-0.4, -0.2) is 23.5 Å². The summed E-state index contributed by atoms with van der Waals surface area (Å²) in [6.07, 6.45) is 2.53. The average Bonchev–Trinajstić information content (AvgIpc) is 2.96. The first kappa shape index (κ1) is 15.0. The maximum Gasteiger partial charge on any atom is 0.308 e. The van der Waals surface area contributed by atoms with E-state index in [-0.39, 0.29) is 23.8 Å². The summed E-state index contributed by atoms with van der Waals surface area (Å²) in [5, 5.41) is 11.9. The van der Waals surface area contributed by atoms with E-state index in [0.717, 1.165) is 12.8 Å². The highest BCUT2D eigenvalue weighted by Gasteiger charge is 2.52. The van der Waals surface area contributed by atoms with Crippen molar-refractivity contribution >= 4 is 11.9 Å². The predicted molar refractivity (Wildman–Crippen MR) is 70.1 cm³/mol. The summed E-state index contributed by atoms with van der Waals surface area (Å²) in [6.45, 7) is 8.44. The van der Waals surface area contributed by atoms with Gasteiger partial charge in [-0.2, -0.15) is 0 Å². The van der Waals surface area contributed by atoms with Crippen LogP contribution in [-0.2, 0) is 9.59 Å². The van der Waals surface area contributed by atoms with Crippen molar-refractivity contribution in [2.24, 2.45) is 23.2 Å². The minimum atomic E-state index is -0.821. The first-order valence-electron chi connectivity index (χ1n) is 6.80. The molecule has 0 aliphatic heterocycles.